The molecule has 0 aliphatic carbocycles. The molecule has 0 bridgehead atoms. The van der Waals surface area contributed by atoms with Crippen LogP contribution in [0.5, 0.6) is 0 Å². The fourth-order valence-corrected chi connectivity index (χ4v) is 1.91. The van der Waals surface area contributed by atoms with Crippen LogP contribution in [0.15, 0.2) is 22.7 Å². The molecule has 0 fully saturated rings. The van der Waals surface area contributed by atoms with Gasteiger partial charge in [-0.15, -0.1) is 0 Å². The van der Waals surface area contributed by atoms with Gasteiger partial charge < -0.3 is 5.73 Å². The second-order valence-corrected chi connectivity index (χ2v) is 4.52. The lowest BCUT2D eigenvalue weighted by atomic mass is 10.1. The van der Waals surface area contributed by atoms with Gasteiger partial charge in [-0.1, -0.05) is 15.9 Å². The van der Waals surface area contributed by atoms with Crippen LogP contribution in [0.4, 0.5) is 10.2 Å². The Labute approximate surface area is 101 Å². The lowest BCUT2D eigenvalue weighted by Crippen LogP contribution is -1.97. The first kappa shape index (κ1) is 11.1. The zero-order chi connectivity index (χ0) is 11.9. The average Bonchev–Trinajstić information content (AvgIpc) is 2.46. The van der Waals surface area contributed by atoms with Gasteiger partial charge in [0.1, 0.15) is 17.3 Å². The number of hydrogen-bond donors (Lipinski definition) is 1. The molecule has 0 aliphatic rings. The van der Waals surface area contributed by atoms with E-state index in [2.05, 4.69) is 21.0 Å². The van der Waals surface area contributed by atoms with E-state index in [1.54, 1.807) is 23.9 Å². The summed E-state index contributed by atoms with van der Waals surface area (Å²) in [6.45, 7) is 1.83. The van der Waals surface area contributed by atoms with Crippen molar-refractivity contribution in [1.29, 1.82) is 0 Å². The van der Waals surface area contributed by atoms with E-state index < -0.39 is 0 Å². The summed E-state index contributed by atoms with van der Waals surface area (Å²) in [5, 5.41) is 4.21. The standard InChI is InChI=1S/C11H11BrFN3/c1-6-10(15-16(2)11(6)14)8-4-3-7(12)5-9(8)13/h3-5H,14H2,1-2H3. The van der Waals surface area contributed by atoms with Crippen LogP contribution in [0.2, 0.25) is 0 Å². The zero-order valence-electron chi connectivity index (χ0n) is 8.96. The fraction of sp³-hybridized carbons (Fsp3) is 0.182. The molecule has 1 heterocycles. The van der Waals surface area contributed by atoms with E-state index in [1.165, 1.54) is 6.07 Å². The number of aryl methyl sites for hydroxylation is 1. The third-order valence-electron chi connectivity index (χ3n) is 2.52. The summed E-state index contributed by atoms with van der Waals surface area (Å²) in [6, 6.07) is 4.89. The van der Waals surface area contributed by atoms with Crippen molar-refractivity contribution in [3.05, 3.63) is 34.1 Å². The number of benzene rings is 1. The predicted octanol–water partition coefficient (Wildman–Crippen LogP) is 2.88. The van der Waals surface area contributed by atoms with Crippen LogP contribution >= 0.6 is 15.9 Å². The van der Waals surface area contributed by atoms with Crippen molar-refractivity contribution in [2.24, 2.45) is 7.05 Å². The van der Waals surface area contributed by atoms with Gasteiger partial charge in [-0.3, -0.25) is 4.68 Å². The van der Waals surface area contributed by atoms with E-state index >= 15 is 0 Å². The highest BCUT2D eigenvalue weighted by Gasteiger charge is 2.14. The molecule has 2 N–H and O–H groups in total. The van der Waals surface area contributed by atoms with E-state index in [0.29, 0.717) is 21.5 Å². The summed E-state index contributed by atoms with van der Waals surface area (Å²) < 4.78 is 16.0. The minimum atomic E-state index is -0.310. The van der Waals surface area contributed by atoms with Crippen molar-refractivity contribution >= 4 is 21.7 Å². The van der Waals surface area contributed by atoms with Crippen LogP contribution in [0.1, 0.15) is 5.56 Å². The zero-order valence-corrected chi connectivity index (χ0v) is 10.5. The second-order valence-electron chi connectivity index (χ2n) is 3.61. The molecule has 16 heavy (non-hydrogen) atoms. The first-order valence-corrected chi connectivity index (χ1v) is 5.54. The average molecular weight is 284 g/mol. The number of halogens is 2. The number of anilines is 1. The summed E-state index contributed by atoms with van der Waals surface area (Å²) in [5.74, 6) is 0.243. The Hall–Kier alpha value is -1.36. The van der Waals surface area contributed by atoms with Gasteiger partial charge >= 0.3 is 0 Å². The summed E-state index contributed by atoms with van der Waals surface area (Å²) in [6.07, 6.45) is 0. The normalized spacial score (nSPS) is 10.8. The molecule has 0 saturated carbocycles. The molecule has 84 valence electrons. The Kier molecular flexibility index (Phi) is 2.71. The maximum atomic E-state index is 13.7. The molecule has 2 aromatic rings. The maximum absolute atomic E-state index is 13.7. The Balaban J connectivity index is 2.63. The highest BCUT2D eigenvalue weighted by Crippen LogP contribution is 2.29. The van der Waals surface area contributed by atoms with Crippen molar-refractivity contribution < 1.29 is 4.39 Å². The van der Waals surface area contributed by atoms with Crippen molar-refractivity contribution in [1.82, 2.24) is 9.78 Å². The number of nitrogen functional groups attached to an aromatic ring is 1. The molecule has 0 aliphatic heterocycles. The van der Waals surface area contributed by atoms with Crippen LogP contribution in [0.25, 0.3) is 11.3 Å². The lowest BCUT2D eigenvalue weighted by molar-refractivity contribution is 0.629. The van der Waals surface area contributed by atoms with E-state index in [-0.39, 0.29) is 5.82 Å². The van der Waals surface area contributed by atoms with Crippen molar-refractivity contribution in [2.45, 2.75) is 6.92 Å². The fourth-order valence-electron chi connectivity index (χ4n) is 1.58. The molecule has 0 atom stereocenters. The molecule has 5 heteroatoms. The SMILES string of the molecule is Cc1c(-c2ccc(Br)cc2F)nn(C)c1N. The molecule has 0 saturated heterocycles. The quantitative estimate of drug-likeness (QED) is 0.875. The molecule has 0 amide bonds. The Bertz CT molecular complexity index is 548. The van der Waals surface area contributed by atoms with Crippen LogP contribution in [0.3, 0.4) is 0 Å². The largest absolute Gasteiger partial charge is 0.384 e. The van der Waals surface area contributed by atoms with Crippen molar-refractivity contribution in [3.63, 3.8) is 0 Å². The van der Waals surface area contributed by atoms with Crippen molar-refractivity contribution in [2.75, 3.05) is 5.73 Å². The molecular weight excluding hydrogens is 273 g/mol. The first-order valence-electron chi connectivity index (χ1n) is 4.75. The maximum Gasteiger partial charge on any atom is 0.133 e. The highest BCUT2D eigenvalue weighted by molar-refractivity contribution is 9.10. The monoisotopic (exact) mass is 283 g/mol. The van der Waals surface area contributed by atoms with Gasteiger partial charge in [0, 0.05) is 22.6 Å². The van der Waals surface area contributed by atoms with E-state index in [0.717, 1.165) is 5.56 Å². The molecule has 3 nitrogen and oxygen atoms in total. The number of nitrogens with zero attached hydrogens (tertiary/aromatic N) is 2. The van der Waals surface area contributed by atoms with Gasteiger partial charge in [-0.2, -0.15) is 5.10 Å². The van der Waals surface area contributed by atoms with Gasteiger partial charge in [0.05, 0.1) is 0 Å². The molecule has 0 unspecified atom stereocenters. The smallest absolute Gasteiger partial charge is 0.133 e. The third-order valence-corrected chi connectivity index (χ3v) is 3.02. The van der Waals surface area contributed by atoms with E-state index in [9.17, 15) is 4.39 Å². The van der Waals surface area contributed by atoms with Crippen LogP contribution in [-0.2, 0) is 7.05 Å². The molecule has 1 aromatic carbocycles. The molecule has 2 rings (SSSR count). The first-order chi connectivity index (χ1) is 7.50. The number of hydrogen-bond acceptors (Lipinski definition) is 2. The third kappa shape index (κ3) is 1.71. The van der Waals surface area contributed by atoms with Crippen molar-refractivity contribution in [3.8, 4) is 11.3 Å². The van der Waals surface area contributed by atoms with Gasteiger partial charge in [-0.25, -0.2) is 4.39 Å². The van der Waals surface area contributed by atoms with Gasteiger partial charge in [0.2, 0.25) is 0 Å². The second kappa shape index (κ2) is 3.90. The Morgan fingerprint density at radius 2 is 2.12 bits per heavy atom. The van der Waals surface area contributed by atoms with Crippen LogP contribution in [0, 0.1) is 12.7 Å². The number of nitrogens with two attached hydrogens (primary N) is 1. The molecular formula is C11H11BrFN3. The van der Waals surface area contributed by atoms with Gasteiger partial charge in [-0.05, 0) is 25.1 Å². The predicted molar refractivity (Wildman–Crippen MR) is 65.5 cm³/mol. The number of rotatable bonds is 1. The van der Waals surface area contributed by atoms with E-state index in [4.69, 9.17) is 5.73 Å². The minimum Gasteiger partial charge on any atom is -0.384 e. The molecule has 0 radical (unpaired) electrons. The van der Waals surface area contributed by atoms with Gasteiger partial charge in [0.15, 0.2) is 0 Å². The number of aromatic nitrogens is 2. The summed E-state index contributed by atoms with van der Waals surface area (Å²) in [5.41, 5.74) is 7.64. The molecule has 0 spiro atoms. The summed E-state index contributed by atoms with van der Waals surface area (Å²) >= 11 is 3.22. The minimum absolute atomic E-state index is 0.310. The van der Waals surface area contributed by atoms with E-state index in [1.807, 2.05) is 6.92 Å². The summed E-state index contributed by atoms with van der Waals surface area (Å²) in [7, 11) is 1.74. The Morgan fingerprint density at radius 3 is 2.62 bits per heavy atom. The highest BCUT2D eigenvalue weighted by atomic mass is 79.9. The lowest BCUT2D eigenvalue weighted by Gasteiger charge is -2.01. The topological polar surface area (TPSA) is 43.8 Å². The summed E-state index contributed by atoms with van der Waals surface area (Å²) in [4.78, 5) is 0. The Morgan fingerprint density at radius 1 is 1.44 bits per heavy atom. The van der Waals surface area contributed by atoms with Gasteiger partial charge in [0.25, 0.3) is 0 Å². The molecule has 1 aromatic heterocycles. The van der Waals surface area contributed by atoms with Crippen LogP contribution in [-0.4, -0.2) is 9.78 Å². The van der Waals surface area contributed by atoms with Crippen LogP contribution < -0.4 is 5.73 Å².